The molecule has 1 aromatic carbocycles. The molecule has 0 aliphatic carbocycles. The number of amides is 1. The van der Waals surface area contributed by atoms with Crippen LogP contribution in [0.25, 0.3) is 0 Å². The van der Waals surface area contributed by atoms with Crippen molar-refractivity contribution in [1.82, 2.24) is 0 Å². The zero-order chi connectivity index (χ0) is 14.1. The summed E-state index contributed by atoms with van der Waals surface area (Å²) in [6, 6.07) is 6.57. The van der Waals surface area contributed by atoms with E-state index in [1.165, 1.54) is 5.56 Å². The van der Waals surface area contributed by atoms with Gasteiger partial charge in [0.05, 0.1) is 30.0 Å². The standard InChI is InChI=1S/C16H22N2O2/c1-10-6-7-12-4-3-5-14(15(12)17-10)18-16(19)13-8-11(2)20-9-13/h3-5,10-11,13,17H,6-9H2,1-2H3,(H,18,19). The number of rotatable bonds is 2. The van der Waals surface area contributed by atoms with E-state index in [-0.39, 0.29) is 17.9 Å². The van der Waals surface area contributed by atoms with Crippen LogP contribution < -0.4 is 10.6 Å². The number of anilines is 2. The molecule has 3 atom stereocenters. The minimum Gasteiger partial charge on any atom is -0.381 e. The van der Waals surface area contributed by atoms with E-state index in [1.54, 1.807) is 0 Å². The molecule has 1 aromatic rings. The maximum atomic E-state index is 12.3. The maximum absolute atomic E-state index is 12.3. The van der Waals surface area contributed by atoms with Crippen molar-refractivity contribution in [1.29, 1.82) is 0 Å². The third-order valence-corrected chi connectivity index (χ3v) is 4.22. The topological polar surface area (TPSA) is 50.4 Å². The van der Waals surface area contributed by atoms with Crippen molar-refractivity contribution in [3.63, 3.8) is 0 Å². The summed E-state index contributed by atoms with van der Waals surface area (Å²) in [5.41, 5.74) is 3.28. The molecule has 2 aliphatic rings. The third kappa shape index (κ3) is 2.66. The summed E-state index contributed by atoms with van der Waals surface area (Å²) in [5.74, 6) is 0.0460. The summed E-state index contributed by atoms with van der Waals surface area (Å²) in [7, 11) is 0. The van der Waals surface area contributed by atoms with Gasteiger partial charge in [-0.2, -0.15) is 0 Å². The summed E-state index contributed by atoms with van der Waals surface area (Å²) in [6.07, 6.45) is 3.20. The molecule has 2 aliphatic heterocycles. The molecular formula is C16H22N2O2. The summed E-state index contributed by atoms with van der Waals surface area (Å²) >= 11 is 0. The van der Waals surface area contributed by atoms with E-state index < -0.39 is 0 Å². The van der Waals surface area contributed by atoms with Gasteiger partial charge in [-0.05, 0) is 44.7 Å². The minimum atomic E-state index is -0.0260. The summed E-state index contributed by atoms with van der Waals surface area (Å²) < 4.78 is 5.48. The normalized spacial score (nSPS) is 28.6. The van der Waals surface area contributed by atoms with E-state index in [9.17, 15) is 4.79 Å². The van der Waals surface area contributed by atoms with Crippen molar-refractivity contribution in [2.75, 3.05) is 17.2 Å². The molecule has 3 unspecified atom stereocenters. The Kier molecular flexibility index (Phi) is 3.66. The lowest BCUT2D eigenvalue weighted by atomic mass is 9.97. The third-order valence-electron chi connectivity index (χ3n) is 4.22. The van der Waals surface area contributed by atoms with Gasteiger partial charge in [0, 0.05) is 6.04 Å². The first-order chi connectivity index (χ1) is 9.63. The van der Waals surface area contributed by atoms with Crippen LogP contribution in [-0.4, -0.2) is 24.7 Å². The molecular weight excluding hydrogens is 252 g/mol. The minimum absolute atomic E-state index is 0.0260. The average molecular weight is 274 g/mol. The van der Waals surface area contributed by atoms with Crippen LogP contribution in [0.2, 0.25) is 0 Å². The van der Waals surface area contributed by atoms with Crippen LogP contribution >= 0.6 is 0 Å². The Balaban J connectivity index is 1.76. The Hall–Kier alpha value is -1.55. The van der Waals surface area contributed by atoms with Crippen LogP contribution in [0.4, 0.5) is 11.4 Å². The van der Waals surface area contributed by atoms with Crippen LogP contribution in [0.3, 0.4) is 0 Å². The van der Waals surface area contributed by atoms with Gasteiger partial charge in [0.2, 0.25) is 5.91 Å². The molecule has 0 aromatic heterocycles. The van der Waals surface area contributed by atoms with Crippen molar-refractivity contribution in [2.45, 2.75) is 45.3 Å². The fourth-order valence-corrected chi connectivity index (χ4v) is 3.01. The first-order valence-corrected chi connectivity index (χ1v) is 7.44. The van der Waals surface area contributed by atoms with Gasteiger partial charge in [-0.3, -0.25) is 4.79 Å². The molecule has 108 valence electrons. The molecule has 1 fully saturated rings. The Labute approximate surface area is 119 Å². The lowest BCUT2D eigenvalue weighted by molar-refractivity contribution is -0.119. The highest BCUT2D eigenvalue weighted by Gasteiger charge is 2.29. The number of carbonyl (C=O) groups excluding carboxylic acids is 1. The molecule has 1 amide bonds. The van der Waals surface area contributed by atoms with Crippen molar-refractivity contribution >= 4 is 17.3 Å². The molecule has 2 N–H and O–H groups in total. The van der Waals surface area contributed by atoms with Gasteiger partial charge in [0.25, 0.3) is 0 Å². The molecule has 20 heavy (non-hydrogen) atoms. The summed E-state index contributed by atoms with van der Waals surface area (Å²) in [6.45, 7) is 4.72. The molecule has 0 bridgehead atoms. The predicted molar refractivity (Wildman–Crippen MR) is 80.0 cm³/mol. The largest absolute Gasteiger partial charge is 0.381 e. The predicted octanol–water partition coefficient (Wildman–Crippen LogP) is 2.80. The number of nitrogens with one attached hydrogen (secondary N) is 2. The average Bonchev–Trinajstić information content (AvgIpc) is 2.86. The highest BCUT2D eigenvalue weighted by Crippen LogP contribution is 2.33. The van der Waals surface area contributed by atoms with Gasteiger partial charge in [0.15, 0.2) is 0 Å². The second-order valence-corrected chi connectivity index (χ2v) is 5.99. The van der Waals surface area contributed by atoms with Gasteiger partial charge in [-0.25, -0.2) is 0 Å². The van der Waals surface area contributed by atoms with E-state index in [1.807, 2.05) is 19.1 Å². The van der Waals surface area contributed by atoms with Crippen LogP contribution in [-0.2, 0) is 16.0 Å². The molecule has 4 nitrogen and oxygen atoms in total. The van der Waals surface area contributed by atoms with Gasteiger partial charge >= 0.3 is 0 Å². The van der Waals surface area contributed by atoms with Gasteiger partial charge in [-0.15, -0.1) is 0 Å². The smallest absolute Gasteiger partial charge is 0.229 e. The molecule has 4 heteroatoms. The number of hydrogen-bond donors (Lipinski definition) is 2. The molecule has 0 radical (unpaired) electrons. The molecule has 0 saturated carbocycles. The first kappa shape index (κ1) is 13.4. The van der Waals surface area contributed by atoms with E-state index in [0.29, 0.717) is 12.6 Å². The number of ether oxygens (including phenoxy) is 1. The van der Waals surface area contributed by atoms with Gasteiger partial charge in [-0.1, -0.05) is 12.1 Å². The number of carbonyl (C=O) groups is 1. The number of fused-ring (bicyclic) bond motifs is 1. The van der Waals surface area contributed by atoms with Gasteiger partial charge < -0.3 is 15.4 Å². The van der Waals surface area contributed by atoms with Crippen molar-refractivity contribution in [3.8, 4) is 0 Å². The SMILES string of the molecule is CC1CCc2cccc(NC(=O)C3COC(C)C3)c2N1. The Morgan fingerprint density at radius 2 is 2.25 bits per heavy atom. The molecule has 1 saturated heterocycles. The summed E-state index contributed by atoms with van der Waals surface area (Å²) in [5, 5.41) is 6.56. The fraction of sp³-hybridized carbons (Fsp3) is 0.562. The lowest BCUT2D eigenvalue weighted by Crippen LogP contribution is -2.26. The maximum Gasteiger partial charge on any atom is 0.229 e. The molecule has 3 rings (SSSR count). The zero-order valence-corrected chi connectivity index (χ0v) is 12.1. The van der Waals surface area contributed by atoms with Crippen LogP contribution in [0.15, 0.2) is 18.2 Å². The highest BCUT2D eigenvalue weighted by molar-refractivity contribution is 5.96. The number of hydrogen-bond acceptors (Lipinski definition) is 3. The first-order valence-electron chi connectivity index (χ1n) is 7.44. The second-order valence-electron chi connectivity index (χ2n) is 5.99. The Morgan fingerprint density at radius 1 is 1.40 bits per heavy atom. The van der Waals surface area contributed by atoms with E-state index in [2.05, 4.69) is 23.6 Å². The highest BCUT2D eigenvalue weighted by atomic mass is 16.5. The van der Waals surface area contributed by atoms with E-state index >= 15 is 0 Å². The second kappa shape index (κ2) is 5.44. The Morgan fingerprint density at radius 3 is 3.00 bits per heavy atom. The van der Waals surface area contributed by atoms with Crippen molar-refractivity contribution in [3.05, 3.63) is 23.8 Å². The molecule has 0 spiro atoms. The number of benzene rings is 1. The van der Waals surface area contributed by atoms with Gasteiger partial charge in [0.1, 0.15) is 0 Å². The summed E-state index contributed by atoms with van der Waals surface area (Å²) in [4.78, 5) is 12.3. The fourth-order valence-electron chi connectivity index (χ4n) is 3.01. The quantitative estimate of drug-likeness (QED) is 0.872. The van der Waals surface area contributed by atoms with Crippen LogP contribution in [0.5, 0.6) is 0 Å². The molecule has 2 heterocycles. The zero-order valence-electron chi connectivity index (χ0n) is 12.1. The number of aryl methyl sites for hydroxylation is 1. The lowest BCUT2D eigenvalue weighted by Gasteiger charge is -2.26. The number of para-hydroxylation sites is 1. The Bertz CT molecular complexity index is 515. The monoisotopic (exact) mass is 274 g/mol. The van der Waals surface area contributed by atoms with E-state index in [0.717, 1.165) is 30.6 Å². The van der Waals surface area contributed by atoms with Crippen molar-refractivity contribution < 1.29 is 9.53 Å². The van der Waals surface area contributed by atoms with Crippen LogP contribution in [0.1, 0.15) is 32.3 Å². The van der Waals surface area contributed by atoms with Crippen molar-refractivity contribution in [2.24, 2.45) is 5.92 Å². The van der Waals surface area contributed by atoms with Crippen LogP contribution in [0, 0.1) is 5.92 Å². The van der Waals surface area contributed by atoms with E-state index in [4.69, 9.17) is 4.74 Å².